The fourth-order valence-corrected chi connectivity index (χ4v) is 3.28. The number of carboxylic acids is 1. The van der Waals surface area contributed by atoms with Crippen LogP contribution in [0.15, 0.2) is 24.3 Å². The minimum absolute atomic E-state index is 0. The summed E-state index contributed by atoms with van der Waals surface area (Å²) in [4.78, 5) is 10.5. The van der Waals surface area contributed by atoms with Gasteiger partial charge in [0, 0.05) is 45.2 Å². The van der Waals surface area contributed by atoms with Crippen molar-refractivity contribution in [2.45, 2.75) is 19.4 Å². The molecule has 1 fully saturated rings. The molecule has 1 saturated heterocycles. The SMILES string of the molecule is C1CCOC1.Nc1cc(Cl)cc(Cl)c1C(=O)O.Nc1cc(Cl)cc(Cl)c1CO.[AlH3].[H-].[Li+]. The maximum Gasteiger partial charge on any atom is 1.00 e. The van der Waals surface area contributed by atoms with Crippen LogP contribution in [0.1, 0.15) is 30.2 Å². The third-order valence-corrected chi connectivity index (χ3v) is 4.55. The first kappa shape index (κ1) is 31.9. The molecular weight excluding hydrogens is 484 g/mol. The number of rotatable bonds is 2. The molecule has 162 valence electrons. The van der Waals surface area contributed by atoms with Gasteiger partial charge in [0.25, 0.3) is 0 Å². The van der Waals surface area contributed by atoms with E-state index in [1.165, 1.54) is 25.0 Å². The van der Waals surface area contributed by atoms with E-state index in [4.69, 9.17) is 72.8 Å². The smallest absolute Gasteiger partial charge is 1.00 e. The molecule has 6 nitrogen and oxygen atoms in total. The number of carboxylic acid groups (broad SMARTS) is 1. The molecule has 30 heavy (non-hydrogen) atoms. The molecule has 1 aliphatic heterocycles. The fraction of sp³-hybridized carbons (Fsp3) is 0.278. The summed E-state index contributed by atoms with van der Waals surface area (Å²) in [6.45, 7) is 1.84. The van der Waals surface area contributed by atoms with Gasteiger partial charge in [-0.15, -0.1) is 0 Å². The van der Waals surface area contributed by atoms with E-state index in [2.05, 4.69) is 0 Å². The second kappa shape index (κ2) is 16.4. The van der Waals surface area contributed by atoms with Crippen LogP contribution < -0.4 is 30.3 Å². The first-order chi connectivity index (χ1) is 13.2. The summed E-state index contributed by atoms with van der Waals surface area (Å²) in [7, 11) is 0. The van der Waals surface area contributed by atoms with Crippen LogP contribution in [0.25, 0.3) is 0 Å². The number of ether oxygens (including phenoxy) is 1. The molecule has 6 N–H and O–H groups in total. The van der Waals surface area contributed by atoms with Crippen LogP contribution in [-0.2, 0) is 11.3 Å². The van der Waals surface area contributed by atoms with Crippen LogP contribution in [0.4, 0.5) is 11.4 Å². The van der Waals surface area contributed by atoms with Crippen LogP contribution in [0.2, 0.25) is 20.1 Å². The number of benzene rings is 2. The summed E-state index contributed by atoms with van der Waals surface area (Å²) in [6.07, 6.45) is 2.56. The van der Waals surface area contributed by atoms with E-state index in [0.29, 0.717) is 26.3 Å². The Morgan fingerprint density at radius 3 is 1.77 bits per heavy atom. The molecule has 2 aromatic carbocycles. The van der Waals surface area contributed by atoms with Crippen molar-refractivity contribution in [3.63, 3.8) is 0 Å². The van der Waals surface area contributed by atoms with Gasteiger partial charge in [-0.1, -0.05) is 46.4 Å². The summed E-state index contributed by atoms with van der Waals surface area (Å²) in [5.74, 6) is -1.16. The predicted octanol–water partition coefficient (Wildman–Crippen LogP) is 1.07. The number of nitrogen functional groups attached to an aromatic ring is 2. The van der Waals surface area contributed by atoms with Gasteiger partial charge in [0.05, 0.1) is 11.6 Å². The maximum absolute atomic E-state index is 10.5. The molecule has 0 radical (unpaired) electrons. The molecule has 0 saturated carbocycles. The zero-order chi connectivity index (χ0) is 21.3. The van der Waals surface area contributed by atoms with Crippen LogP contribution in [0.5, 0.6) is 0 Å². The molecule has 0 bridgehead atoms. The first-order valence-corrected chi connectivity index (χ1v) is 9.58. The number of aromatic carboxylic acids is 1. The third kappa shape index (κ3) is 10.8. The number of aliphatic hydroxyl groups is 1. The van der Waals surface area contributed by atoms with E-state index in [1.54, 1.807) is 12.1 Å². The quantitative estimate of drug-likeness (QED) is 0.356. The Kier molecular flexibility index (Phi) is 17.4. The van der Waals surface area contributed by atoms with Gasteiger partial charge in [-0.25, -0.2) is 4.79 Å². The number of halogens is 4. The zero-order valence-electron chi connectivity index (χ0n) is 16.7. The Balaban J connectivity index is -0.000000385. The van der Waals surface area contributed by atoms with Crippen molar-refractivity contribution in [1.82, 2.24) is 0 Å². The second-order valence-electron chi connectivity index (χ2n) is 5.59. The molecule has 1 heterocycles. The van der Waals surface area contributed by atoms with E-state index in [-0.39, 0.29) is 60.5 Å². The Bertz CT molecular complexity index is 780. The molecule has 0 atom stereocenters. The molecule has 0 spiro atoms. The number of hydrogen-bond acceptors (Lipinski definition) is 5. The molecule has 2 aromatic rings. The van der Waals surface area contributed by atoms with E-state index < -0.39 is 5.97 Å². The van der Waals surface area contributed by atoms with Crippen molar-refractivity contribution < 1.29 is 40.0 Å². The monoisotopic (exact) mass is 506 g/mol. The summed E-state index contributed by atoms with van der Waals surface area (Å²) in [5, 5.41) is 18.7. The van der Waals surface area contributed by atoms with Crippen LogP contribution in [-0.4, -0.2) is 46.8 Å². The maximum atomic E-state index is 10.5. The minimum Gasteiger partial charge on any atom is -1.00 e. The Labute approximate surface area is 219 Å². The van der Waals surface area contributed by atoms with Gasteiger partial charge in [-0.05, 0) is 37.1 Å². The first-order valence-electron chi connectivity index (χ1n) is 8.07. The topological polar surface area (TPSA) is 119 Å². The molecule has 0 amide bonds. The predicted molar refractivity (Wildman–Crippen MR) is 126 cm³/mol. The molecule has 1 aliphatic rings. The molecule has 0 unspecified atom stereocenters. The van der Waals surface area contributed by atoms with Crippen molar-refractivity contribution in [3.05, 3.63) is 55.5 Å². The van der Waals surface area contributed by atoms with E-state index in [0.717, 1.165) is 13.2 Å². The van der Waals surface area contributed by atoms with Gasteiger partial charge in [-0.2, -0.15) is 0 Å². The van der Waals surface area contributed by atoms with E-state index >= 15 is 0 Å². The summed E-state index contributed by atoms with van der Waals surface area (Å²) < 4.78 is 4.94. The van der Waals surface area contributed by atoms with Gasteiger partial charge < -0.3 is 27.8 Å². The van der Waals surface area contributed by atoms with Gasteiger partial charge >= 0.3 is 24.8 Å². The third-order valence-electron chi connectivity index (χ3n) is 3.48. The van der Waals surface area contributed by atoms with Crippen LogP contribution in [0, 0.1) is 0 Å². The molecule has 0 aromatic heterocycles. The van der Waals surface area contributed by atoms with Crippen molar-refractivity contribution in [2.75, 3.05) is 24.7 Å². The van der Waals surface area contributed by atoms with Gasteiger partial charge in [0.15, 0.2) is 17.4 Å². The van der Waals surface area contributed by atoms with Crippen molar-refractivity contribution in [1.29, 1.82) is 0 Å². The summed E-state index contributed by atoms with van der Waals surface area (Å²) in [5.41, 5.74) is 11.8. The molecule has 3 rings (SSSR count). The average molecular weight is 508 g/mol. The van der Waals surface area contributed by atoms with Gasteiger partial charge in [0.1, 0.15) is 5.56 Å². The molecular formula is C18H24AlCl4LiN2O4. The van der Waals surface area contributed by atoms with Crippen LogP contribution in [0.3, 0.4) is 0 Å². The Morgan fingerprint density at radius 1 is 0.967 bits per heavy atom. The van der Waals surface area contributed by atoms with Crippen molar-refractivity contribution >= 4 is 81.1 Å². The number of aliphatic hydroxyl groups excluding tert-OH is 1. The minimum atomic E-state index is -1.16. The van der Waals surface area contributed by atoms with Crippen LogP contribution >= 0.6 is 46.4 Å². The zero-order valence-corrected chi connectivity index (χ0v) is 18.7. The normalized spacial score (nSPS) is 11.6. The average Bonchev–Trinajstić information content (AvgIpc) is 3.13. The number of anilines is 2. The van der Waals surface area contributed by atoms with Crippen molar-refractivity contribution in [2.24, 2.45) is 0 Å². The largest absolute Gasteiger partial charge is 1.00 e. The van der Waals surface area contributed by atoms with Gasteiger partial charge in [0.2, 0.25) is 0 Å². The summed E-state index contributed by atoms with van der Waals surface area (Å²) in [6, 6.07) is 5.78. The standard InChI is InChI=1S/C7H5Cl2NO2.C7H7Cl2NO.C4H8O.Al.Li.4H/c8-3-1-4(9)6(7(11)12)5(10)2-3;8-4-1-6(9)5(3-11)7(10)2-4;1-2-4-5-3-1;;;;;;/h1-2H,10H2,(H,11,12);1-2,11H,3,10H2;1-4H2;;;;;;/q;;;;+1;;;;-1. The second-order valence-corrected chi connectivity index (χ2v) is 7.28. The van der Waals surface area contributed by atoms with E-state index in [1.807, 2.05) is 0 Å². The Hall–Kier alpha value is -0.280. The number of carbonyl (C=O) groups is 1. The molecule has 0 aliphatic carbocycles. The number of nitrogens with two attached hydrogens (primary N) is 2. The fourth-order valence-electron chi connectivity index (χ4n) is 2.12. The van der Waals surface area contributed by atoms with E-state index in [9.17, 15) is 4.79 Å². The van der Waals surface area contributed by atoms with Crippen molar-refractivity contribution in [3.8, 4) is 0 Å². The van der Waals surface area contributed by atoms with Gasteiger partial charge in [-0.3, -0.25) is 0 Å². The summed E-state index contributed by atoms with van der Waals surface area (Å²) >= 11 is 22.5. The Morgan fingerprint density at radius 2 is 1.43 bits per heavy atom. The molecule has 12 heteroatoms. The number of hydrogen-bond donors (Lipinski definition) is 4.